The molecular weight excluding hydrogens is 655 g/mol. The molecule has 0 aliphatic carbocycles. The van der Waals surface area contributed by atoms with Gasteiger partial charge >= 0.3 is 13.8 Å². The Labute approximate surface area is 306 Å². The number of carbonyl (C=O) groups is 1. The van der Waals surface area contributed by atoms with E-state index in [2.05, 4.69) is 38.2 Å². The van der Waals surface area contributed by atoms with Crippen molar-refractivity contribution >= 4 is 13.8 Å². The number of ether oxygens (including phenoxy) is 2. The first-order valence-corrected chi connectivity index (χ1v) is 21.8. The highest BCUT2D eigenvalue weighted by atomic mass is 31.2. The quantitative estimate of drug-likeness (QED) is 0.0244. The van der Waals surface area contributed by atoms with Crippen molar-refractivity contribution < 1.29 is 43.0 Å². The zero-order valence-corrected chi connectivity index (χ0v) is 33.0. The molecule has 3 N–H and O–H groups in total. The lowest BCUT2D eigenvalue weighted by atomic mass is 10.1. The third-order valence-corrected chi connectivity index (χ3v) is 9.59. The van der Waals surface area contributed by atoms with E-state index < -0.39 is 33.2 Å². The molecule has 9 nitrogen and oxygen atoms in total. The van der Waals surface area contributed by atoms with Crippen molar-refractivity contribution in [2.75, 3.05) is 33.0 Å². The Morgan fingerprint density at radius 3 is 1.64 bits per heavy atom. The molecular formula is C40H77O9P. The number of unbranched alkanes of at least 4 members (excludes halogenated alkanes) is 21. The monoisotopic (exact) mass is 733 g/mol. The van der Waals surface area contributed by atoms with Crippen molar-refractivity contribution in [2.45, 2.75) is 193 Å². The van der Waals surface area contributed by atoms with E-state index in [0.29, 0.717) is 6.61 Å². The van der Waals surface area contributed by atoms with Gasteiger partial charge in [-0.25, -0.2) is 4.57 Å². The fourth-order valence-electron chi connectivity index (χ4n) is 5.50. The topological polar surface area (TPSA) is 132 Å². The molecule has 0 heterocycles. The van der Waals surface area contributed by atoms with Crippen LogP contribution in [-0.2, 0) is 27.9 Å². The highest BCUT2D eigenvalue weighted by molar-refractivity contribution is 7.47. The molecule has 0 saturated heterocycles. The first-order valence-electron chi connectivity index (χ1n) is 20.3. The molecule has 0 aromatic carbocycles. The summed E-state index contributed by atoms with van der Waals surface area (Å²) < 4.78 is 33.2. The average Bonchev–Trinajstić information content (AvgIpc) is 3.10. The Balaban J connectivity index is 4.14. The molecule has 10 heteroatoms. The minimum Gasteiger partial charge on any atom is -0.457 e. The zero-order chi connectivity index (χ0) is 36.8. The van der Waals surface area contributed by atoms with Crippen molar-refractivity contribution in [2.24, 2.45) is 0 Å². The van der Waals surface area contributed by atoms with Crippen LogP contribution < -0.4 is 0 Å². The first-order chi connectivity index (χ1) is 24.3. The van der Waals surface area contributed by atoms with Gasteiger partial charge in [0.2, 0.25) is 0 Å². The number of hydrogen-bond acceptors (Lipinski definition) is 8. The van der Waals surface area contributed by atoms with Gasteiger partial charge in [-0.05, 0) is 44.9 Å². The second kappa shape index (κ2) is 37.7. The van der Waals surface area contributed by atoms with E-state index in [4.69, 9.17) is 23.6 Å². The Hall–Kier alpha value is -1.06. The van der Waals surface area contributed by atoms with Gasteiger partial charge in [0.05, 0.1) is 26.4 Å². The van der Waals surface area contributed by atoms with Crippen molar-refractivity contribution in [1.29, 1.82) is 0 Å². The van der Waals surface area contributed by atoms with E-state index in [1.807, 2.05) is 0 Å². The fraction of sp³-hybridized carbons (Fsp3) is 0.875. The summed E-state index contributed by atoms with van der Waals surface area (Å²) in [6, 6.07) is 0. The predicted octanol–water partition coefficient (Wildman–Crippen LogP) is 10.7. The third-order valence-electron chi connectivity index (χ3n) is 8.64. The van der Waals surface area contributed by atoms with E-state index in [-0.39, 0.29) is 25.6 Å². The van der Waals surface area contributed by atoms with Crippen LogP contribution in [0.25, 0.3) is 0 Å². The highest BCUT2D eigenvalue weighted by Gasteiger charge is 2.26. The van der Waals surface area contributed by atoms with E-state index in [1.54, 1.807) is 0 Å². The molecule has 0 amide bonds. The summed E-state index contributed by atoms with van der Waals surface area (Å²) in [7, 11) is -4.51. The van der Waals surface area contributed by atoms with Gasteiger partial charge in [0.1, 0.15) is 12.2 Å². The summed E-state index contributed by atoms with van der Waals surface area (Å²) in [6.07, 6.45) is 37.0. The van der Waals surface area contributed by atoms with E-state index in [1.165, 1.54) is 122 Å². The van der Waals surface area contributed by atoms with Crippen LogP contribution in [0, 0.1) is 0 Å². The molecule has 0 rings (SSSR count). The third kappa shape index (κ3) is 36.7. The Bertz CT molecular complexity index is 836. The zero-order valence-electron chi connectivity index (χ0n) is 32.1. The van der Waals surface area contributed by atoms with Gasteiger partial charge in [-0.15, -0.1) is 0 Å². The minimum atomic E-state index is -4.51. The Morgan fingerprint density at radius 1 is 0.620 bits per heavy atom. The van der Waals surface area contributed by atoms with Gasteiger partial charge < -0.3 is 24.6 Å². The number of aliphatic hydroxyl groups excluding tert-OH is 2. The van der Waals surface area contributed by atoms with Crippen LogP contribution >= 0.6 is 7.82 Å². The van der Waals surface area contributed by atoms with E-state index in [9.17, 15) is 19.4 Å². The van der Waals surface area contributed by atoms with Crippen LogP contribution in [0.2, 0.25) is 0 Å². The summed E-state index contributed by atoms with van der Waals surface area (Å²) in [6.45, 7) is 3.49. The van der Waals surface area contributed by atoms with Crippen molar-refractivity contribution in [3.63, 3.8) is 0 Å². The lowest BCUT2D eigenvalue weighted by Gasteiger charge is -2.20. The summed E-state index contributed by atoms with van der Waals surface area (Å²) >= 11 is 0. The average molecular weight is 733 g/mol. The smallest absolute Gasteiger partial charge is 0.457 e. The number of phosphoric acid groups is 1. The van der Waals surface area contributed by atoms with Crippen LogP contribution in [0.4, 0.5) is 0 Å². The van der Waals surface area contributed by atoms with Crippen molar-refractivity contribution in [3.05, 3.63) is 24.3 Å². The molecule has 0 spiro atoms. The van der Waals surface area contributed by atoms with Gasteiger partial charge in [0.25, 0.3) is 0 Å². The number of hydrogen-bond donors (Lipinski definition) is 3. The summed E-state index contributed by atoms with van der Waals surface area (Å²) in [5.74, 6) is -0.387. The molecule has 0 saturated carbocycles. The Kier molecular flexibility index (Phi) is 36.9. The SMILES string of the molecule is CCCCC/C=C\C/C=C\CCCCCCCCCCCC(=O)OC(COCCCCCCCCCCCC)COP(=O)(O)OCC(O)CO. The van der Waals surface area contributed by atoms with Crippen LogP contribution in [0.1, 0.15) is 181 Å². The number of allylic oxidation sites excluding steroid dienone is 4. The van der Waals surface area contributed by atoms with E-state index >= 15 is 0 Å². The summed E-state index contributed by atoms with van der Waals surface area (Å²) in [4.78, 5) is 22.5. The Morgan fingerprint density at radius 2 is 1.08 bits per heavy atom. The maximum absolute atomic E-state index is 12.6. The molecule has 0 aromatic rings. The standard InChI is InChI=1S/C40H77O9P/c1-3-5-7-9-11-13-15-16-17-18-19-20-21-22-23-24-26-28-30-32-40(43)49-39(37-48-50(44,45)47-35-38(42)34-41)36-46-33-31-29-27-25-14-12-10-8-6-4-2/h11,13,16-17,38-39,41-42H,3-10,12,14-15,18-37H2,1-2H3,(H,44,45)/b13-11-,17-16-. The van der Waals surface area contributed by atoms with Gasteiger partial charge in [-0.3, -0.25) is 13.8 Å². The van der Waals surface area contributed by atoms with Crippen LogP contribution in [0.5, 0.6) is 0 Å². The molecule has 296 valence electrons. The second-order valence-corrected chi connectivity index (χ2v) is 15.1. The predicted molar refractivity (Wildman–Crippen MR) is 205 cm³/mol. The number of aliphatic hydroxyl groups is 2. The largest absolute Gasteiger partial charge is 0.472 e. The molecule has 0 bridgehead atoms. The van der Waals surface area contributed by atoms with Gasteiger partial charge in [-0.1, -0.05) is 154 Å². The molecule has 50 heavy (non-hydrogen) atoms. The lowest BCUT2D eigenvalue weighted by molar-refractivity contribution is -0.154. The van der Waals surface area contributed by atoms with Gasteiger partial charge in [-0.2, -0.15) is 0 Å². The molecule has 0 radical (unpaired) electrons. The maximum atomic E-state index is 12.6. The number of esters is 1. The minimum absolute atomic E-state index is 0.0509. The van der Waals surface area contributed by atoms with Crippen LogP contribution in [0.15, 0.2) is 24.3 Å². The molecule has 0 aliphatic heterocycles. The van der Waals surface area contributed by atoms with Gasteiger partial charge in [0.15, 0.2) is 0 Å². The number of carbonyl (C=O) groups excluding carboxylic acids is 1. The first kappa shape index (κ1) is 48.9. The molecule has 0 fully saturated rings. The van der Waals surface area contributed by atoms with E-state index in [0.717, 1.165) is 38.5 Å². The van der Waals surface area contributed by atoms with Crippen LogP contribution in [0.3, 0.4) is 0 Å². The maximum Gasteiger partial charge on any atom is 0.472 e. The van der Waals surface area contributed by atoms with Crippen molar-refractivity contribution in [1.82, 2.24) is 0 Å². The van der Waals surface area contributed by atoms with Gasteiger partial charge in [0, 0.05) is 13.0 Å². The number of rotatable bonds is 39. The normalized spacial score (nSPS) is 14.4. The summed E-state index contributed by atoms with van der Waals surface area (Å²) in [5, 5.41) is 18.3. The molecule has 0 aromatic heterocycles. The molecule has 3 unspecified atom stereocenters. The summed E-state index contributed by atoms with van der Waals surface area (Å²) in [5.41, 5.74) is 0. The number of phosphoric ester groups is 1. The lowest BCUT2D eigenvalue weighted by Crippen LogP contribution is -2.29. The second-order valence-electron chi connectivity index (χ2n) is 13.7. The fourth-order valence-corrected chi connectivity index (χ4v) is 6.29. The van der Waals surface area contributed by atoms with Crippen LogP contribution in [-0.4, -0.2) is 66.3 Å². The van der Waals surface area contributed by atoms with Crippen molar-refractivity contribution in [3.8, 4) is 0 Å². The molecule has 3 atom stereocenters. The molecule has 0 aliphatic rings. The highest BCUT2D eigenvalue weighted by Crippen LogP contribution is 2.43.